The first-order valence-corrected chi connectivity index (χ1v) is 5.54. The van der Waals surface area contributed by atoms with Crippen molar-refractivity contribution in [1.29, 1.82) is 0 Å². The molecule has 0 radical (unpaired) electrons. The van der Waals surface area contributed by atoms with Gasteiger partial charge in [0.2, 0.25) is 0 Å². The molecule has 1 fully saturated rings. The monoisotopic (exact) mass is 259 g/mol. The minimum absolute atomic E-state index is 0.178. The molecular formula is C12H12F3NO2. The van der Waals surface area contributed by atoms with Gasteiger partial charge < -0.3 is 9.64 Å². The standard InChI is InChI=1S/C12H12F3NO2/c1-7-6-18-3-2-16(7)12(17)8-4-9(13)11(15)10(14)5-8/h4-5,7H,2-3,6H2,1H3/t7-/m1/s1. The molecule has 0 unspecified atom stereocenters. The molecule has 2 rings (SSSR count). The van der Waals surface area contributed by atoms with Crippen LogP contribution in [0.4, 0.5) is 13.2 Å². The highest BCUT2D eigenvalue weighted by molar-refractivity contribution is 5.94. The van der Waals surface area contributed by atoms with Crippen LogP contribution in [0.1, 0.15) is 17.3 Å². The van der Waals surface area contributed by atoms with E-state index >= 15 is 0 Å². The van der Waals surface area contributed by atoms with Gasteiger partial charge in [0.15, 0.2) is 17.5 Å². The number of hydrogen-bond donors (Lipinski definition) is 0. The van der Waals surface area contributed by atoms with E-state index in [4.69, 9.17) is 4.74 Å². The third-order valence-electron chi connectivity index (χ3n) is 2.86. The van der Waals surface area contributed by atoms with Crippen LogP contribution >= 0.6 is 0 Å². The zero-order valence-electron chi connectivity index (χ0n) is 9.75. The van der Waals surface area contributed by atoms with Crippen molar-refractivity contribution >= 4 is 5.91 Å². The third kappa shape index (κ3) is 2.33. The Morgan fingerprint density at radius 1 is 1.33 bits per heavy atom. The molecule has 1 aromatic carbocycles. The van der Waals surface area contributed by atoms with Crippen LogP contribution in [0, 0.1) is 17.5 Å². The van der Waals surface area contributed by atoms with E-state index in [1.807, 2.05) is 0 Å². The van der Waals surface area contributed by atoms with Crippen molar-refractivity contribution in [3.05, 3.63) is 35.1 Å². The molecule has 6 heteroatoms. The molecule has 0 saturated carbocycles. The maximum absolute atomic E-state index is 13.1. The van der Waals surface area contributed by atoms with Crippen molar-refractivity contribution in [3.63, 3.8) is 0 Å². The number of nitrogens with zero attached hydrogens (tertiary/aromatic N) is 1. The summed E-state index contributed by atoms with van der Waals surface area (Å²) in [5, 5.41) is 0. The van der Waals surface area contributed by atoms with E-state index in [-0.39, 0.29) is 11.6 Å². The minimum atomic E-state index is -1.57. The Morgan fingerprint density at radius 3 is 2.50 bits per heavy atom. The lowest BCUT2D eigenvalue weighted by atomic mass is 10.1. The van der Waals surface area contributed by atoms with E-state index in [1.54, 1.807) is 6.92 Å². The van der Waals surface area contributed by atoms with Gasteiger partial charge >= 0.3 is 0 Å². The molecule has 1 aliphatic heterocycles. The predicted molar refractivity (Wildman–Crippen MR) is 57.6 cm³/mol. The van der Waals surface area contributed by atoms with Gasteiger partial charge in [0, 0.05) is 12.1 Å². The topological polar surface area (TPSA) is 29.5 Å². The van der Waals surface area contributed by atoms with Gasteiger partial charge in [-0.05, 0) is 19.1 Å². The molecule has 1 saturated heterocycles. The number of carbonyl (C=O) groups is 1. The predicted octanol–water partition coefficient (Wildman–Crippen LogP) is 1.96. The Labute approximate surface area is 102 Å². The minimum Gasteiger partial charge on any atom is -0.377 e. The van der Waals surface area contributed by atoms with E-state index in [2.05, 4.69) is 0 Å². The lowest BCUT2D eigenvalue weighted by Crippen LogP contribution is -2.47. The van der Waals surface area contributed by atoms with Gasteiger partial charge in [0.25, 0.3) is 5.91 Å². The van der Waals surface area contributed by atoms with Gasteiger partial charge in [-0.3, -0.25) is 4.79 Å². The molecule has 0 aliphatic carbocycles. The number of benzene rings is 1. The molecule has 1 atom stereocenters. The normalized spacial score (nSPS) is 20.0. The Morgan fingerprint density at radius 2 is 1.94 bits per heavy atom. The van der Waals surface area contributed by atoms with E-state index in [0.29, 0.717) is 31.9 Å². The van der Waals surface area contributed by atoms with Crippen LogP contribution in [0.25, 0.3) is 0 Å². The van der Waals surface area contributed by atoms with E-state index in [9.17, 15) is 18.0 Å². The summed E-state index contributed by atoms with van der Waals surface area (Å²) in [7, 11) is 0. The van der Waals surface area contributed by atoms with Crippen LogP contribution in [0.15, 0.2) is 12.1 Å². The molecule has 1 aromatic rings. The van der Waals surface area contributed by atoms with Gasteiger partial charge in [-0.1, -0.05) is 0 Å². The highest BCUT2D eigenvalue weighted by Crippen LogP contribution is 2.17. The number of morpholine rings is 1. The van der Waals surface area contributed by atoms with Crippen LogP contribution < -0.4 is 0 Å². The van der Waals surface area contributed by atoms with Crippen molar-refractivity contribution < 1.29 is 22.7 Å². The summed E-state index contributed by atoms with van der Waals surface area (Å²) in [4.78, 5) is 13.5. The fourth-order valence-electron chi connectivity index (χ4n) is 1.87. The SMILES string of the molecule is C[C@@H]1COCCN1C(=O)c1cc(F)c(F)c(F)c1. The Balaban J connectivity index is 2.28. The molecule has 98 valence electrons. The lowest BCUT2D eigenvalue weighted by molar-refractivity contribution is 0.00354. The van der Waals surface area contributed by atoms with Gasteiger partial charge in [0.1, 0.15) is 0 Å². The Hall–Kier alpha value is -1.56. The third-order valence-corrected chi connectivity index (χ3v) is 2.86. The molecule has 1 heterocycles. The number of amides is 1. The van der Waals surface area contributed by atoms with Gasteiger partial charge in [-0.15, -0.1) is 0 Å². The summed E-state index contributed by atoms with van der Waals surface area (Å²) in [6.45, 7) is 2.87. The second kappa shape index (κ2) is 4.97. The summed E-state index contributed by atoms with van der Waals surface area (Å²) >= 11 is 0. The highest BCUT2D eigenvalue weighted by Gasteiger charge is 2.26. The molecule has 0 bridgehead atoms. The first-order valence-electron chi connectivity index (χ1n) is 5.54. The van der Waals surface area contributed by atoms with Gasteiger partial charge in [-0.25, -0.2) is 13.2 Å². The number of ether oxygens (including phenoxy) is 1. The average molecular weight is 259 g/mol. The van der Waals surface area contributed by atoms with Crippen molar-refractivity contribution in [3.8, 4) is 0 Å². The van der Waals surface area contributed by atoms with Crippen molar-refractivity contribution in [2.24, 2.45) is 0 Å². The van der Waals surface area contributed by atoms with E-state index in [1.165, 1.54) is 4.90 Å². The fourth-order valence-corrected chi connectivity index (χ4v) is 1.87. The second-order valence-corrected chi connectivity index (χ2v) is 4.18. The van der Waals surface area contributed by atoms with E-state index < -0.39 is 23.4 Å². The molecule has 3 nitrogen and oxygen atoms in total. The summed E-state index contributed by atoms with van der Waals surface area (Å²) in [6.07, 6.45) is 0. The van der Waals surface area contributed by atoms with E-state index in [0.717, 1.165) is 0 Å². The molecule has 0 spiro atoms. The Kier molecular flexibility index (Phi) is 3.56. The number of rotatable bonds is 1. The second-order valence-electron chi connectivity index (χ2n) is 4.18. The first kappa shape index (κ1) is 12.9. The van der Waals surface area contributed by atoms with Crippen molar-refractivity contribution in [2.45, 2.75) is 13.0 Å². The summed E-state index contributed by atoms with van der Waals surface area (Å²) in [5.41, 5.74) is -0.194. The molecule has 18 heavy (non-hydrogen) atoms. The quantitative estimate of drug-likeness (QED) is 0.722. The number of carbonyl (C=O) groups excluding carboxylic acids is 1. The fraction of sp³-hybridized carbons (Fsp3) is 0.417. The summed E-state index contributed by atoms with van der Waals surface area (Å²) in [5.74, 6) is -4.82. The van der Waals surface area contributed by atoms with Crippen LogP contribution in [0.5, 0.6) is 0 Å². The molecular weight excluding hydrogens is 247 g/mol. The molecule has 1 amide bonds. The number of hydrogen-bond acceptors (Lipinski definition) is 2. The van der Waals surface area contributed by atoms with Gasteiger partial charge in [-0.2, -0.15) is 0 Å². The first-order chi connectivity index (χ1) is 8.50. The Bertz CT molecular complexity index is 455. The summed E-state index contributed by atoms with van der Waals surface area (Å²) in [6, 6.07) is 1.24. The average Bonchev–Trinajstić information content (AvgIpc) is 2.35. The van der Waals surface area contributed by atoms with Gasteiger partial charge in [0.05, 0.1) is 19.3 Å². The zero-order valence-corrected chi connectivity index (χ0v) is 9.75. The van der Waals surface area contributed by atoms with Crippen molar-refractivity contribution in [2.75, 3.05) is 19.8 Å². The highest BCUT2D eigenvalue weighted by atomic mass is 19.2. The lowest BCUT2D eigenvalue weighted by Gasteiger charge is -2.33. The smallest absolute Gasteiger partial charge is 0.254 e. The molecule has 1 aliphatic rings. The summed E-state index contributed by atoms with van der Waals surface area (Å²) < 4.78 is 44.1. The number of halogens is 3. The van der Waals surface area contributed by atoms with Crippen LogP contribution in [-0.4, -0.2) is 36.6 Å². The molecule has 0 N–H and O–H groups in total. The van der Waals surface area contributed by atoms with Crippen LogP contribution in [-0.2, 0) is 4.74 Å². The van der Waals surface area contributed by atoms with Crippen LogP contribution in [0.3, 0.4) is 0 Å². The van der Waals surface area contributed by atoms with Crippen molar-refractivity contribution in [1.82, 2.24) is 4.90 Å². The largest absolute Gasteiger partial charge is 0.377 e. The zero-order chi connectivity index (χ0) is 13.3. The molecule has 0 aromatic heterocycles. The maximum Gasteiger partial charge on any atom is 0.254 e. The van der Waals surface area contributed by atoms with Crippen LogP contribution in [0.2, 0.25) is 0 Å². The maximum atomic E-state index is 13.1.